The SMILES string of the molecule is C[C@H](CC(=O)c1ccc(C#N)cc1)C(=O)[N+]1(CCc2ccccc2)CCC(O)CC1. The molecule has 0 unspecified atom stereocenters. The summed E-state index contributed by atoms with van der Waals surface area (Å²) >= 11 is 0. The predicted octanol–water partition coefficient (Wildman–Crippen LogP) is 3.51. The molecule has 1 aliphatic heterocycles. The number of piperidine rings is 1. The third-order valence-electron chi connectivity index (χ3n) is 6.17. The summed E-state index contributed by atoms with van der Waals surface area (Å²) in [6, 6.07) is 18.7. The number of Topliss-reactive ketones (excluding diaryl/α,β-unsaturated/α-hetero) is 1. The van der Waals surface area contributed by atoms with Crippen molar-refractivity contribution in [3.05, 3.63) is 71.3 Å². The minimum atomic E-state index is -0.404. The van der Waals surface area contributed by atoms with Crippen molar-refractivity contribution in [1.29, 1.82) is 5.26 Å². The molecule has 5 nitrogen and oxygen atoms in total. The number of benzene rings is 2. The number of aliphatic hydroxyl groups is 1. The predicted molar refractivity (Wildman–Crippen MR) is 115 cm³/mol. The molecular formula is C25H29N2O3+. The molecule has 0 aliphatic carbocycles. The van der Waals surface area contributed by atoms with E-state index in [2.05, 4.69) is 12.1 Å². The highest BCUT2D eigenvalue weighted by Gasteiger charge is 2.42. The molecule has 0 bridgehead atoms. The molecule has 156 valence electrons. The lowest BCUT2D eigenvalue weighted by Crippen LogP contribution is -2.60. The van der Waals surface area contributed by atoms with Gasteiger partial charge < -0.3 is 5.11 Å². The van der Waals surface area contributed by atoms with E-state index in [4.69, 9.17) is 5.26 Å². The van der Waals surface area contributed by atoms with Crippen LogP contribution >= 0.6 is 0 Å². The second-order valence-corrected chi connectivity index (χ2v) is 8.34. The van der Waals surface area contributed by atoms with Crippen LogP contribution in [0.25, 0.3) is 0 Å². The Balaban J connectivity index is 1.71. The van der Waals surface area contributed by atoms with Crippen LogP contribution in [0.3, 0.4) is 0 Å². The number of aliphatic hydroxyl groups excluding tert-OH is 1. The first-order valence-corrected chi connectivity index (χ1v) is 10.6. The number of hydrogen-bond donors (Lipinski definition) is 1. The van der Waals surface area contributed by atoms with Gasteiger partial charge in [-0.3, -0.25) is 9.28 Å². The van der Waals surface area contributed by atoms with Crippen LogP contribution in [0.1, 0.15) is 47.7 Å². The smallest absolute Gasteiger partial charge is 0.316 e. The monoisotopic (exact) mass is 405 g/mol. The first kappa shape index (κ1) is 21.9. The summed E-state index contributed by atoms with van der Waals surface area (Å²) in [6.07, 6.45) is 1.81. The average Bonchev–Trinajstić information content (AvgIpc) is 2.79. The van der Waals surface area contributed by atoms with Gasteiger partial charge in [0.2, 0.25) is 0 Å². The van der Waals surface area contributed by atoms with Crippen molar-refractivity contribution in [2.75, 3.05) is 19.6 Å². The van der Waals surface area contributed by atoms with Gasteiger partial charge in [0.1, 0.15) is 0 Å². The maximum atomic E-state index is 13.5. The Bertz CT molecular complexity index is 908. The fourth-order valence-electron chi connectivity index (χ4n) is 4.27. The van der Waals surface area contributed by atoms with E-state index >= 15 is 0 Å². The highest BCUT2D eigenvalue weighted by molar-refractivity contribution is 5.98. The van der Waals surface area contributed by atoms with Crippen LogP contribution in [0.5, 0.6) is 0 Å². The van der Waals surface area contributed by atoms with E-state index in [0.717, 1.165) is 6.42 Å². The van der Waals surface area contributed by atoms with Crippen LogP contribution in [0.4, 0.5) is 0 Å². The van der Waals surface area contributed by atoms with Gasteiger partial charge in [-0.25, -0.2) is 4.79 Å². The van der Waals surface area contributed by atoms with Crippen LogP contribution in [-0.2, 0) is 11.2 Å². The molecule has 30 heavy (non-hydrogen) atoms. The van der Waals surface area contributed by atoms with E-state index < -0.39 is 5.92 Å². The highest BCUT2D eigenvalue weighted by atomic mass is 16.3. The lowest BCUT2D eigenvalue weighted by molar-refractivity contribution is -0.862. The van der Waals surface area contributed by atoms with Crippen molar-refractivity contribution in [1.82, 2.24) is 0 Å². The Morgan fingerprint density at radius 1 is 1.10 bits per heavy atom. The number of rotatable bonds is 7. The molecular weight excluding hydrogens is 376 g/mol. The summed E-state index contributed by atoms with van der Waals surface area (Å²) in [4.78, 5) is 26.2. The molecule has 2 aromatic carbocycles. The molecule has 3 rings (SSSR count). The normalized spacial score (nSPS) is 22.1. The van der Waals surface area contributed by atoms with Crippen LogP contribution in [0.2, 0.25) is 0 Å². The van der Waals surface area contributed by atoms with Crippen LogP contribution in [-0.4, -0.2) is 47.0 Å². The van der Waals surface area contributed by atoms with Gasteiger partial charge in [-0.1, -0.05) is 42.5 Å². The van der Waals surface area contributed by atoms with Gasteiger partial charge in [-0.05, 0) is 24.6 Å². The van der Waals surface area contributed by atoms with Crippen LogP contribution in [0.15, 0.2) is 54.6 Å². The van der Waals surface area contributed by atoms with Gasteiger partial charge in [-0.2, -0.15) is 5.26 Å². The minimum Gasteiger partial charge on any atom is -0.393 e. The van der Waals surface area contributed by atoms with E-state index in [1.807, 2.05) is 31.2 Å². The van der Waals surface area contributed by atoms with E-state index in [9.17, 15) is 14.7 Å². The fraction of sp³-hybridized carbons (Fsp3) is 0.400. The topological polar surface area (TPSA) is 78.2 Å². The number of nitriles is 1. The highest BCUT2D eigenvalue weighted by Crippen LogP contribution is 2.26. The number of ketones is 1. The molecule has 0 saturated carbocycles. The van der Waals surface area contributed by atoms with Crippen molar-refractivity contribution >= 4 is 11.7 Å². The zero-order valence-corrected chi connectivity index (χ0v) is 17.5. The molecule has 1 amide bonds. The van der Waals surface area contributed by atoms with Crippen molar-refractivity contribution in [3.63, 3.8) is 0 Å². The molecule has 0 aromatic heterocycles. The van der Waals surface area contributed by atoms with Crippen molar-refractivity contribution < 1.29 is 19.2 Å². The Morgan fingerprint density at radius 3 is 2.33 bits per heavy atom. The van der Waals surface area contributed by atoms with E-state index in [1.165, 1.54) is 5.56 Å². The van der Waals surface area contributed by atoms with E-state index in [1.54, 1.807) is 24.3 Å². The second kappa shape index (κ2) is 9.80. The number of carbonyl (C=O) groups is 2. The molecule has 2 aromatic rings. The third-order valence-corrected chi connectivity index (χ3v) is 6.17. The Labute approximate surface area is 178 Å². The quantitative estimate of drug-likeness (QED) is 0.565. The number of likely N-dealkylation sites (tertiary alicyclic amines) is 1. The molecule has 0 radical (unpaired) electrons. The van der Waals surface area contributed by atoms with Crippen LogP contribution in [0, 0.1) is 17.2 Å². The summed E-state index contributed by atoms with van der Waals surface area (Å²) in [5, 5.41) is 18.9. The summed E-state index contributed by atoms with van der Waals surface area (Å²) in [5.74, 6) is -0.405. The van der Waals surface area contributed by atoms with Gasteiger partial charge in [0.25, 0.3) is 0 Å². The second-order valence-electron chi connectivity index (χ2n) is 8.34. The van der Waals surface area contributed by atoms with Gasteiger partial charge >= 0.3 is 5.91 Å². The number of quaternary nitrogens is 1. The first-order valence-electron chi connectivity index (χ1n) is 10.6. The Kier molecular flexibility index (Phi) is 7.15. The van der Waals surface area contributed by atoms with E-state index in [-0.39, 0.29) is 24.2 Å². The molecule has 5 heteroatoms. The van der Waals surface area contributed by atoms with Gasteiger partial charge in [-0.15, -0.1) is 0 Å². The Hall–Kier alpha value is -2.81. The summed E-state index contributed by atoms with van der Waals surface area (Å²) in [5.41, 5.74) is 2.22. The summed E-state index contributed by atoms with van der Waals surface area (Å²) in [7, 11) is 0. The number of hydrogen-bond acceptors (Lipinski definition) is 4. The third kappa shape index (κ3) is 5.21. The average molecular weight is 406 g/mol. The molecule has 1 N–H and O–H groups in total. The maximum absolute atomic E-state index is 13.5. The van der Waals surface area contributed by atoms with E-state index in [0.29, 0.717) is 48.1 Å². The number of carbonyl (C=O) groups excluding carboxylic acids is 2. The minimum absolute atomic E-state index is 0.0832. The van der Waals surface area contributed by atoms with Gasteiger partial charge in [0.05, 0.1) is 43.3 Å². The first-order chi connectivity index (χ1) is 14.4. The van der Waals surface area contributed by atoms with Gasteiger partial charge in [0.15, 0.2) is 5.78 Å². The number of amides is 1. The standard InChI is InChI=1S/C25H29N2O3/c1-19(17-24(29)22-9-7-21(18-26)8-10-22)25(30)27(15-12-23(28)13-16-27)14-11-20-5-3-2-4-6-20/h2-10,19,23,28H,11-17H2,1H3/q+1/t19-,23?,27?/m1/s1. The zero-order chi connectivity index (χ0) is 21.6. The molecule has 1 heterocycles. The molecule has 1 aliphatic rings. The zero-order valence-electron chi connectivity index (χ0n) is 17.5. The lowest BCUT2D eigenvalue weighted by Gasteiger charge is -2.41. The van der Waals surface area contributed by atoms with Gasteiger partial charge in [0, 0.05) is 31.2 Å². The van der Waals surface area contributed by atoms with Crippen molar-refractivity contribution in [3.8, 4) is 6.07 Å². The molecule has 1 fully saturated rings. The Morgan fingerprint density at radius 2 is 1.73 bits per heavy atom. The largest absolute Gasteiger partial charge is 0.393 e. The lowest BCUT2D eigenvalue weighted by atomic mass is 9.94. The summed E-state index contributed by atoms with van der Waals surface area (Å²) in [6.45, 7) is 3.74. The summed E-state index contributed by atoms with van der Waals surface area (Å²) < 4.78 is 0.327. The molecule has 1 atom stereocenters. The molecule has 1 saturated heterocycles. The molecule has 0 spiro atoms. The fourth-order valence-corrected chi connectivity index (χ4v) is 4.27. The van der Waals surface area contributed by atoms with Crippen molar-refractivity contribution in [2.45, 2.75) is 38.7 Å². The van der Waals surface area contributed by atoms with Crippen molar-refractivity contribution in [2.24, 2.45) is 5.92 Å². The van der Waals surface area contributed by atoms with Crippen LogP contribution < -0.4 is 0 Å². The number of nitrogens with zero attached hydrogens (tertiary/aromatic N) is 2. The maximum Gasteiger partial charge on any atom is 0.316 e.